The molecular formula is C12H18N6O. The molecule has 4 N–H and O–H groups in total. The SMILES string of the molecule is CCCNc1nc(NC2CC(O)C2)c2[nH]cnc2n1. The summed E-state index contributed by atoms with van der Waals surface area (Å²) in [5.74, 6) is 1.34. The number of imidazole rings is 1. The van der Waals surface area contributed by atoms with Crippen molar-refractivity contribution in [1.29, 1.82) is 0 Å². The summed E-state index contributed by atoms with van der Waals surface area (Å²) in [4.78, 5) is 16.0. The van der Waals surface area contributed by atoms with Crippen molar-refractivity contribution in [3.8, 4) is 0 Å². The fourth-order valence-electron chi connectivity index (χ4n) is 2.15. The number of aliphatic hydroxyl groups excluding tert-OH is 1. The summed E-state index contributed by atoms with van der Waals surface area (Å²) < 4.78 is 0. The van der Waals surface area contributed by atoms with E-state index in [-0.39, 0.29) is 12.1 Å². The van der Waals surface area contributed by atoms with Crippen LogP contribution in [0.3, 0.4) is 0 Å². The van der Waals surface area contributed by atoms with E-state index in [9.17, 15) is 5.11 Å². The van der Waals surface area contributed by atoms with E-state index in [0.717, 1.165) is 37.1 Å². The van der Waals surface area contributed by atoms with Crippen molar-refractivity contribution in [1.82, 2.24) is 19.9 Å². The van der Waals surface area contributed by atoms with Crippen LogP contribution in [0.2, 0.25) is 0 Å². The summed E-state index contributed by atoms with van der Waals surface area (Å²) in [5.41, 5.74) is 1.46. The number of nitrogens with one attached hydrogen (secondary N) is 3. The van der Waals surface area contributed by atoms with E-state index in [1.807, 2.05) is 0 Å². The summed E-state index contributed by atoms with van der Waals surface area (Å²) >= 11 is 0. The van der Waals surface area contributed by atoms with Gasteiger partial charge in [-0.3, -0.25) is 0 Å². The Morgan fingerprint density at radius 3 is 3.00 bits per heavy atom. The first-order valence-electron chi connectivity index (χ1n) is 6.66. The third-order valence-electron chi connectivity index (χ3n) is 3.27. The number of rotatable bonds is 5. The quantitative estimate of drug-likeness (QED) is 0.644. The maximum absolute atomic E-state index is 9.34. The molecule has 2 aromatic rings. The van der Waals surface area contributed by atoms with Crippen LogP contribution in [0.25, 0.3) is 11.2 Å². The molecule has 1 aliphatic rings. The molecule has 7 nitrogen and oxygen atoms in total. The zero-order valence-electron chi connectivity index (χ0n) is 10.8. The molecular weight excluding hydrogens is 244 g/mol. The third-order valence-corrected chi connectivity index (χ3v) is 3.27. The van der Waals surface area contributed by atoms with E-state index >= 15 is 0 Å². The molecule has 7 heteroatoms. The van der Waals surface area contributed by atoms with E-state index in [0.29, 0.717) is 11.6 Å². The lowest BCUT2D eigenvalue weighted by molar-refractivity contribution is 0.0836. The standard InChI is InChI=1S/C12H18N6O/c1-2-3-13-12-17-10-9(14-6-15-10)11(18-12)16-7-4-8(19)5-7/h6-8,19H,2-5H2,1H3,(H3,13,14,15,16,17,18). The van der Waals surface area contributed by atoms with Crippen molar-refractivity contribution < 1.29 is 5.11 Å². The summed E-state index contributed by atoms with van der Waals surface area (Å²) in [6, 6.07) is 0.274. The van der Waals surface area contributed by atoms with Crippen LogP contribution in [-0.2, 0) is 0 Å². The number of H-pyrrole nitrogens is 1. The predicted molar refractivity (Wildman–Crippen MR) is 73.1 cm³/mol. The van der Waals surface area contributed by atoms with Gasteiger partial charge >= 0.3 is 0 Å². The van der Waals surface area contributed by atoms with Gasteiger partial charge in [-0.1, -0.05) is 6.92 Å². The zero-order chi connectivity index (χ0) is 13.2. The van der Waals surface area contributed by atoms with E-state index in [4.69, 9.17) is 0 Å². The number of nitrogens with zero attached hydrogens (tertiary/aromatic N) is 3. The van der Waals surface area contributed by atoms with Crippen LogP contribution in [0.4, 0.5) is 11.8 Å². The second-order valence-corrected chi connectivity index (χ2v) is 4.89. The van der Waals surface area contributed by atoms with Crippen molar-refractivity contribution in [2.24, 2.45) is 0 Å². The number of fused-ring (bicyclic) bond motifs is 1. The van der Waals surface area contributed by atoms with Crippen LogP contribution in [0.5, 0.6) is 0 Å². The molecule has 19 heavy (non-hydrogen) atoms. The third kappa shape index (κ3) is 2.46. The molecule has 1 fully saturated rings. The average molecular weight is 262 g/mol. The molecule has 2 heterocycles. The summed E-state index contributed by atoms with van der Waals surface area (Å²) in [7, 11) is 0. The number of aromatic nitrogens is 4. The fourth-order valence-corrected chi connectivity index (χ4v) is 2.15. The Balaban J connectivity index is 1.85. The highest BCUT2D eigenvalue weighted by Crippen LogP contribution is 2.26. The van der Waals surface area contributed by atoms with Gasteiger partial charge in [0, 0.05) is 12.6 Å². The fraction of sp³-hybridized carbons (Fsp3) is 0.583. The molecule has 0 aliphatic heterocycles. The van der Waals surface area contributed by atoms with Gasteiger partial charge in [-0.25, -0.2) is 4.98 Å². The first-order chi connectivity index (χ1) is 9.26. The highest BCUT2D eigenvalue weighted by Gasteiger charge is 2.28. The maximum Gasteiger partial charge on any atom is 0.226 e. The van der Waals surface area contributed by atoms with Gasteiger partial charge in [0.05, 0.1) is 12.4 Å². The minimum Gasteiger partial charge on any atom is -0.393 e. The largest absolute Gasteiger partial charge is 0.393 e. The highest BCUT2D eigenvalue weighted by atomic mass is 16.3. The van der Waals surface area contributed by atoms with Gasteiger partial charge in [-0.2, -0.15) is 9.97 Å². The molecule has 3 rings (SSSR count). The van der Waals surface area contributed by atoms with Crippen LogP contribution in [0.15, 0.2) is 6.33 Å². The van der Waals surface area contributed by atoms with Crippen LogP contribution >= 0.6 is 0 Å². The number of hydrogen-bond donors (Lipinski definition) is 4. The van der Waals surface area contributed by atoms with Crippen molar-refractivity contribution in [2.45, 2.75) is 38.3 Å². The monoisotopic (exact) mass is 262 g/mol. The van der Waals surface area contributed by atoms with Crippen molar-refractivity contribution >= 4 is 22.9 Å². The smallest absolute Gasteiger partial charge is 0.226 e. The van der Waals surface area contributed by atoms with E-state index in [1.165, 1.54) is 0 Å². The number of aromatic amines is 1. The number of aliphatic hydroxyl groups is 1. The first kappa shape index (κ1) is 12.2. The van der Waals surface area contributed by atoms with Gasteiger partial charge in [0.2, 0.25) is 5.95 Å². The second-order valence-electron chi connectivity index (χ2n) is 4.89. The summed E-state index contributed by atoms with van der Waals surface area (Å²) in [5, 5.41) is 15.8. The van der Waals surface area contributed by atoms with Crippen LogP contribution in [-0.4, -0.2) is 43.7 Å². The second kappa shape index (κ2) is 5.00. The number of anilines is 2. The van der Waals surface area contributed by atoms with Gasteiger partial charge in [-0.15, -0.1) is 0 Å². The molecule has 0 bridgehead atoms. The molecule has 0 amide bonds. The molecule has 0 atom stereocenters. The Labute approximate surface area is 110 Å². The van der Waals surface area contributed by atoms with Crippen LogP contribution in [0.1, 0.15) is 26.2 Å². The topological polar surface area (TPSA) is 98.8 Å². The average Bonchev–Trinajstić information content (AvgIpc) is 2.82. The lowest BCUT2D eigenvalue weighted by Crippen LogP contribution is -2.39. The molecule has 0 radical (unpaired) electrons. The Morgan fingerprint density at radius 2 is 2.26 bits per heavy atom. The predicted octanol–water partition coefficient (Wildman–Crippen LogP) is 1.11. The molecule has 1 aliphatic carbocycles. The van der Waals surface area contributed by atoms with Gasteiger partial charge in [0.15, 0.2) is 11.5 Å². The first-order valence-corrected chi connectivity index (χ1v) is 6.66. The van der Waals surface area contributed by atoms with Crippen LogP contribution in [0, 0.1) is 0 Å². The van der Waals surface area contributed by atoms with Crippen LogP contribution < -0.4 is 10.6 Å². The Bertz CT molecular complexity index is 562. The molecule has 2 aromatic heterocycles. The molecule has 0 spiro atoms. The van der Waals surface area contributed by atoms with Crippen molar-refractivity contribution in [3.05, 3.63) is 6.33 Å². The van der Waals surface area contributed by atoms with Crippen molar-refractivity contribution in [2.75, 3.05) is 17.2 Å². The number of hydrogen-bond acceptors (Lipinski definition) is 6. The van der Waals surface area contributed by atoms with Gasteiger partial charge in [0.25, 0.3) is 0 Å². The van der Waals surface area contributed by atoms with E-state index in [1.54, 1.807) is 6.33 Å². The normalized spacial score (nSPS) is 22.2. The Morgan fingerprint density at radius 1 is 1.42 bits per heavy atom. The zero-order valence-corrected chi connectivity index (χ0v) is 10.8. The van der Waals surface area contributed by atoms with E-state index < -0.39 is 0 Å². The van der Waals surface area contributed by atoms with Gasteiger partial charge < -0.3 is 20.7 Å². The lowest BCUT2D eigenvalue weighted by Gasteiger charge is -2.32. The maximum atomic E-state index is 9.34. The highest BCUT2D eigenvalue weighted by molar-refractivity contribution is 5.83. The van der Waals surface area contributed by atoms with E-state index in [2.05, 4.69) is 37.5 Å². The Kier molecular flexibility index (Phi) is 3.20. The van der Waals surface area contributed by atoms with Gasteiger partial charge in [0.1, 0.15) is 5.52 Å². The summed E-state index contributed by atoms with van der Waals surface area (Å²) in [6.07, 6.45) is 3.96. The molecule has 102 valence electrons. The van der Waals surface area contributed by atoms with Crippen molar-refractivity contribution in [3.63, 3.8) is 0 Å². The molecule has 0 aromatic carbocycles. The molecule has 0 unspecified atom stereocenters. The lowest BCUT2D eigenvalue weighted by atomic mass is 9.89. The summed E-state index contributed by atoms with van der Waals surface area (Å²) in [6.45, 7) is 2.92. The minimum atomic E-state index is -0.186. The molecule has 0 saturated heterocycles. The minimum absolute atomic E-state index is 0.186. The Hall–Kier alpha value is -1.89. The molecule has 1 saturated carbocycles. The van der Waals surface area contributed by atoms with Gasteiger partial charge in [-0.05, 0) is 19.3 Å².